The summed E-state index contributed by atoms with van der Waals surface area (Å²) in [6, 6.07) is 29.4. The number of anilines is 1. The minimum Gasteiger partial charge on any atom is -0.493 e. The van der Waals surface area contributed by atoms with E-state index in [0.29, 0.717) is 5.92 Å². The largest absolute Gasteiger partial charge is 0.493 e. The molecule has 0 spiro atoms. The summed E-state index contributed by atoms with van der Waals surface area (Å²) in [5, 5.41) is 0. The molecule has 0 radical (unpaired) electrons. The predicted molar refractivity (Wildman–Crippen MR) is 144 cm³/mol. The number of nitrogens with zero attached hydrogens (tertiary/aromatic N) is 3. The second kappa shape index (κ2) is 10.8. The predicted octanol–water partition coefficient (Wildman–Crippen LogP) is 6.10. The van der Waals surface area contributed by atoms with Crippen molar-refractivity contribution in [3.05, 3.63) is 90.8 Å². The Labute approximate surface area is 208 Å². The number of benzene rings is 3. The maximum atomic E-state index is 5.94. The highest BCUT2D eigenvalue weighted by molar-refractivity contribution is 5.78. The van der Waals surface area contributed by atoms with Gasteiger partial charge >= 0.3 is 0 Å². The van der Waals surface area contributed by atoms with Crippen molar-refractivity contribution in [2.24, 2.45) is 5.92 Å². The SMILES string of the molecule is CC(C)COc1cccc(N2CCN(Cc3nc(-c4ccccc4)c(-c4ccccc4)[nH]3)CC2)c1. The second-order valence-electron chi connectivity index (χ2n) is 9.60. The molecule has 3 aromatic carbocycles. The molecule has 5 nitrogen and oxygen atoms in total. The van der Waals surface area contributed by atoms with E-state index in [2.05, 4.69) is 101 Å². The van der Waals surface area contributed by atoms with E-state index < -0.39 is 0 Å². The number of ether oxygens (including phenoxy) is 1. The number of aromatic nitrogens is 2. The fraction of sp³-hybridized carbons (Fsp3) is 0.300. The summed E-state index contributed by atoms with van der Waals surface area (Å²) in [4.78, 5) is 13.6. The van der Waals surface area contributed by atoms with Gasteiger partial charge in [-0.3, -0.25) is 4.90 Å². The maximum Gasteiger partial charge on any atom is 0.121 e. The van der Waals surface area contributed by atoms with E-state index in [0.717, 1.165) is 73.4 Å². The lowest BCUT2D eigenvalue weighted by Gasteiger charge is -2.35. The molecule has 1 fully saturated rings. The Bertz CT molecular complexity index is 1150. The van der Waals surface area contributed by atoms with Crippen LogP contribution in [0.25, 0.3) is 22.5 Å². The van der Waals surface area contributed by atoms with Gasteiger partial charge in [0.15, 0.2) is 0 Å². The van der Waals surface area contributed by atoms with Crippen molar-refractivity contribution < 1.29 is 4.74 Å². The number of H-pyrrole nitrogens is 1. The van der Waals surface area contributed by atoms with Crippen LogP contribution in [0.5, 0.6) is 5.75 Å². The van der Waals surface area contributed by atoms with Crippen molar-refractivity contribution in [2.45, 2.75) is 20.4 Å². The molecule has 0 atom stereocenters. The van der Waals surface area contributed by atoms with E-state index in [4.69, 9.17) is 9.72 Å². The van der Waals surface area contributed by atoms with Crippen LogP contribution in [0.4, 0.5) is 5.69 Å². The van der Waals surface area contributed by atoms with Gasteiger partial charge in [0.1, 0.15) is 11.6 Å². The zero-order chi connectivity index (χ0) is 24.0. The molecule has 0 bridgehead atoms. The van der Waals surface area contributed by atoms with Crippen LogP contribution in [0, 0.1) is 5.92 Å². The molecule has 0 amide bonds. The van der Waals surface area contributed by atoms with Gasteiger partial charge in [0.05, 0.1) is 24.5 Å². The van der Waals surface area contributed by atoms with Crippen molar-refractivity contribution in [2.75, 3.05) is 37.7 Å². The molecule has 35 heavy (non-hydrogen) atoms. The molecule has 0 aliphatic carbocycles. The number of hydrogen-bond acceptors (Lipinski definition) is 4. The third-order valence-corrected chi connectivity index (χ3v) is 6.37. The lowest BCUT2D eigenvalue weighted by Crippen LogP contribution is -2.46. The van der Waals surface area contributed by atoms with Crippen molar-refractivity contribution in [1.29, 1.82) is 0 Å². The van der Waals surface area contributed by atoms with Gasteiger partial charge in [-0.25, -0.2) is 4.98 Å². The van der Waals surface area contributed by atoms with Crippen molar-refractivity contribution >= 4 is 5.69 Å². The van der Waals surface area contributed by atoms with Crippen molar-refractivity contribution in [3.63, 3.8) is 0 Å². The molecule has 1 aromatic heterocycles. The van der Waals surface area contributed by atoms with Crippen LogP contribution in [0.3, 0.4) is 0 Å². The van der Waals surface area contributed by atoms with Crippen LogP contribution in [0.1, 0.15) is 19.7 Å². The van der Waals surface area contributed by atoms with Gasteiger partial charge in [-0.1, -0.05) is 80.6 Å². The van der Waals surface area contributed by atoms with E-state index in [1.54, 1.807) is 0 Å². The molecule has 2 heterocycles. The van der Waals surface area contributed by atoms with Crippen LogP contribution < -0.4 is 9.64 Å². The van der Waals surface area contributed by atoms with Crippen molar-refractivity contribution in [3.8, 4) is 28.3 Å². The Kier molecular flexibility index (Phi) is 7.15. The average molecular weight is 467 g/mol. The lowest BCUT2D eigenvalue weighted by molar-refractivity contribution is 0.244. The Hall–Kier alpha value is -3.57. The van der Waals surface area contributed by atoms with E-state index >= 15 is 0 Å². The third-order valence-electron chi connectivity index (χ3n) is 6.37. The highest BCUT2D eigenvalue weighted by Gasteiger charge is 2.20. The number of nitrogens with one attached hydrogen (secondary N) is 1. The van der Waals surface area contributed by atoms with Crippen LogP contribution in [0.2, 0.25) is 0 Å². The zero-order valence-corrected chi connectivity index (χ0v) is 20.7. The van der Waals surface area contributed by atoms with Gasteiger partial charge < -0.3 is 14.6 Å². The summed E-state index contributed by atoms with van der Waals surface area (Å²) in [6.45, 7) is 9.89. The molecular formula is C30H34N4O. The van der Waals surface area contributed by atoms with E-state index in [-0.39, 0.29) is 0 Å². The Morgan fingerprint density at radius 2 is 1.51 bits per heavy atom. The van der Waals surface area contributed by atoms with Crippen LogP contribution >= 0.6 is 0 Å². The molecule has 0 saturated carbocycles. The fourth-order valence-electron chi connectivity index (χ4n) is 4.52. The standard InChI is InChI=1S/C30H34N4O/c1-23(2)22-35-27-15-9-14-26(20-27)34-18-16-33(17-19-34)21-28-31-29(24-10-5-3-6-11-24)30(32-28)25-12-7-4-8-13-25/h3-15,20,23H,16-19,21-22H2,1-2H3,(H,31,32). The zero-order valence-electron chi connectivity index (χ0n) is 20.7. The number of piperazine rings is 1. The number of aromatic amines is 1. The summed E-state index contributed by atoms with van der Waals surface area (Å²) >= 11 is 0. The minimum absolute atomic E-state index is 0.522. The number of rotatable bonds is 8. The van der Waals surface area contributed by atoms with E-state index in [9.17, 15) is 0 Å². The topological polar surface area (TPSA) is 44.4 Å². The van der Waals surface area contributed by atoms with Crippen LogP contribution in [0.15, 0.2) is 84.9 Å². The summed E-state index contributed by atoms with van der Waals surface area (Å²) in [5.41, 5.74) is 5.64. The first kappa shape index (κ1) is 23.2. The minimum atomic E-state index is 0.522. The fourth-order valence-corrected chi connectivity index (χ4v) is 4.52. The number of imidazole rings is 1. The lowest BCUT2D eigenvalue weighted by atomic mass is 10.1. The Morgan fingerprint density at radius 3 is 2.20 bits per heavy atom. The van der Waals surface area contributed by atoms with Gasteiger partial charge in [0.25, 0.3) is 0 Å². The summed E-state index contributed by atoms with van der Waals surface area (Å²) in [7, 11) is 0. The second-order valence-corrected chi connectivity index (χ2v) is 9.60. The normalized spacial score (nSPS) is 14.4. The molecular weight excluding hydrogens is 432 g/mol. The summed E-state index contributed by atoms with van der Waals surface area (Å²) < 4.78 is 5.94. The highest BCUT2D eigenvalue weighted by Crippen LogP contribution is 2.30. The van der Waals surface area contributed by atoms with Gasteiger partial charge in [-0.2, -0.15) is 0 Å². The van der Waals surface area contributed by atoms with Gasteiger partial charge in [-0.05, 0) is 18.1 Å². The molecule has 0 unspecified atom stereocenters. The Balaban J connectivity index is 1.27. The Morgan fingerprint density at radius 1 is 0.829 bits per heavy atom. The molecule has 1 aliphatic heterocycles. The van der Waals surface area contributed by atoms with Gasteiger partial charge in [-0.15, -0.1) is 0 Å². The quantitative estimate of drug-likeness (QED) is 0.341. The smallest absolute Gasteiger partial charge is 0.121 e. The first-order chi connectivity index (χ1) is 17.2. The summed E-state index contributed by atoms with van der Waals surface area (Å²) in [6.07, 6.45) is 0. The van der Waals surface area contributed by atoms with E-state index in [1.165, 1.54) is 5.69 Å². The monoisotopic (exact) mass is 466 g/mol. The van der Waals surface area contributed by atoms with Gasteiger partial charge in [0, 0.05) is 49.1 Å². The van der Waals surface area contributed by atoms with Crippen molar-refractivity contribution in [1.82, 2.24) is 14.9 Å². The molecule has 1 N–H and O–H groups in total. The average Bonchev–Trinajstić information content (AvgIpc) is 3.33. The molecule has 4 aromatic rings. The highest BCUT2D eigenvalue weighted by atomic mass is 16.5. The van der Waals surface area contributed by atoms with E-state index in [1.807, 2.05) is 12.1 Å². The molecule has 1 aliphatic rings. The van der Waals surface area contributed by atoms with Gasteiger partial charge in [0.2, 0.25) is 0 Å². The van der Waals surface area contributed by atoms with Crippen LogP contribution in [-0.2, 0) is 6.54 Å². The maximum absolute atomic E-state index is 5.94. The first-order valence-electron chi connectivity index (χ1n) is 12.6. The first-order valence-corrected chi connectivity index (χ1v) is 12.6. The van der Waals surface area contributed by atoms with Crippen LogP contribution in [-0.4, -0.2) is 47.7 Å². The summed E-state index contributed by atoms with van der Waals surface area (Å²) in [5.74, 6) is 2.49. The molecule has 5 heteroatoms. The molecule has 1 saturated heterocycles. The molecule has 5 rings (SSSR count). The molecule has 180 valence electrons. The number of hydrogen-bond donors (Lipinski definition) is 1. The third kappa shape index (κ3) is 5.75.